The van der Waals surface area contributed by atoms with Crippen LogP contribution < -0.4 is 5.32 Å². The quantitative estimate of drug-likeness (QED) is 0.290. The third kappa shape index (κ3) is 5.83. The Bertz CT molecular complexity index is 851. The Morgan fingerprint density at radius 3 is 2.61 bits per heavy atom. The zero-order valence-electron chi connectivity index (χ0n) is 16.6. The van der Waals surface area contributed by atoms with Crippen molar-refractivity contribution >= 4 is 23.4 Å². The number of thioether (sulfide) groups is 1. The first-order valence-corrected chi connectivity index (χ1v) is 11.0. The third-order valence-electron chi connectivity index (χ3n) is 4.51. The van der Waals surface area contributed by atoms with Gasteiger partial charge in [-0.1, -0.05) is 62.4 Å². The molecule has 5 nitrogen and oxygen atoms in total. The van der Waals surface area contributed by atoms with E-state index in [4.69, 9.17) is 4.52 Å². The SMILES string of the molecule is CCCCCCCCSc1noc(C)c1-c1ccnc(Nc2ccccc2)n1. The average Bonchev–Trinajstić information content (AvgIpc) is 3.08. The van der Waals surface area contributed by atoms with Gasteiger partial charge in [0.25, 0.3) is 0 Å². The van der Waals surface area contributed by atoms with Crippen LogP contribution in [0.5, 0.6) is 0 Å². The molecule has 1 N–H and O–H groups in total. The molecule has 0 spiro atoms. The van der Waals surface area contributed by atoms with Gasteiger partial charge in [-0.25, -0.2) is 9.97 Å². The van der Waals surface area contributed by atoms with Crippen LogP contribution >= 0.6 is 11.8 Å². The summed E-state index contributed by atoms with van der Waals surface area (Å²) in [5, 5.41) is 8.41. The van der Waals surface area contributed by atoms with Crippen LogP contribution in [-0.4, -0.2) is 20.9 Å². The number of nitrogens with zero attached hydrogens (tertiary/aromatic N) is 3. The Labute approximate surface area is 171 Å². The van der Waals surface area contributed by atoms with E-state index in [-0.39, 0.29) is 0 Å². The lowest BCUT2D eigenvalue weighted by atomic mass is 10.1. The number of aromatic nitrogens is 3. The molecule has 0 aliphatic rings. The van der Waals surface area contributed by atoms with Crippen molar-refractivity contribution in [1.82, 2.24) is 15.1 Å². The number of benzene rings is 1. The predicted molar refractivity (Wildman–Crippen MR) is 116 cm³/mol. The molecule has 0 unspecified atom stereocenters. The molecule has 2 aromatic heterocycles. The molecule has 0 aliphatic heterocycles. The molecule has 1 aromatic carbocycles. The van der Waals surface area contributed by atoms with Gasteiger partial charge in [0.1, 0.15) is 10.8 Å². The van der Waals surface area contributed by atoms with E-state index in [1.54, 1.807) is 18.0 Å². The highest BCUT2D eigenvalue weighted by Gasteiger charge is 2.17. The predicted octanol–water partition coefficient (Wildman–Crippen LogP) is 6.64. The smallest absolute Gasteiger partial charge is 0.227 e. The molecule has 28 heavy (non-hydrogen) atoms. The Balaban J connectivity index is 1.63. The van der Waals surface area contributed by atoms with Crippen molar-refractivity contribution in [2.75, 3.05) is 11.1 Å². The molecule has 0 saturated heterocycles. The standard InChI is InChI=1S/C22H28N4OS/c1-3-4-5-6-7-11-16-28-21-20(17(2)27-26-21)19-14-15-23-22(25-19)24-18-12-9-8-10-13-18/h8-10,12-15H,3-7,11,16H2,1-2H3,(H,23,24,25). The second-order valence-corrected chi connectivity index (χ2v) is 7.88. The molecule has 148 valence electrons. The summed E-state index contributed by atoms with van der Waals surface area (Å²) in [5.41, 5.74) is 2.76. The highest BCUT2D eigenvalue weighted by atomic mass is 32.2. The normalized spacial score (nSPS) is 10.9. The topological polar surface area (TPSA) is 63.8 Å². The van der Waals surface area contributed by atoms with Crippen LogP contribution in [0.4, 0.5) is 11.6 Å². The maximum atomic E-state index is 5.47. The Morgan fingerprint density at radius 1 is 1.00 bits per heavy atom. The largest absolute Gasteiger partial charge is 0.360 e. The Kier molecular flexibility index (Phi) is 7.91. The highest BCUT2D eigenvalue weighted by Crippen LogP contribution is 2.33. The summed E-state index contributed by atoms with van der Waals surface area (Å²) >= 11 is 1.75. The summed E-state index contributed by atoms with van der Waals surface area (Å²) in [5.74, 6) is 2.40. The molecule has 3 aromatic rings. The summed E-state index contributed by atoms with van der Waals surface area (Å²) in [4.78, 5) is 9.01. The van der Waals surface area contributed by atoms with E-state index in [0.29, 0.717) is 5.95 Å². The van der Waals surface area contributed by atoms with Gasteiger partial charge in [0.2, 0.25) is 5.95 Å². The molecule has 0 aliphatic carbocycles. The van der Waals surface area contributed by atoms with Gasteiger partial charge in [0.05, 0.1) is 11.3 Å². The number of nitrogens with one attached hydrogen (secondary N) is 1. The Morgan fingerprint density at radius 2 is 1.79 bits per heavy atom. The molecule has 3 rings (SSSR count). The van der Waals surface area contributed by atoms with Crippen LogP contribution in [0.3, 0.4) is 0 Å². The fraction of sp³-hybridized carbons (Fsp3) is 0.409. The molecule has 0 radical (unpaired) electrons. The zero-order valence-corrected chi connectivity index (χ0v) is 17.5. The van der Waals surface area contributed by atoms with E-state index < -0.39 is 0 Å². The number of para-hydroxylation sites is 1. The molecule has 0 saturated carbocycles. The van der Waals surface area contributed by atoms with Gasteiger partial charge in [-0.2, -0.15) is 0 Å². The summed E-state index contributed by atoms with van der Waals surface area (Å²) < 4.78 is 5.47. The molecule has 0 amide bonds. The molecule has 0 bridgehead atoms. The lowest BCUT2D eigenvalue weighted by Crippen LogP contribution is -1.98. The van der Waals surface area contributed by atoms with Crippen molar-refractivity contribution in [3.8, 4) is 11.3 Å². The number of unbranched alkanes of at least 4 members (excludes halogenated alkanes) is 5. The van der Waals surface area contributed by atoms with E-state index in [0.717, 1.165) is 33.5 Å². The van der Waals surface area contributed by atoms with Gasteiger partial charge in [-0.05, 0) is 37.3 Å². The monoisotopic (exact) mass is 396 g/mol. The van der Waals surface area contributed by atoms with Gasteiger partial charge < -0.3 is 9.84 Å². The first kappa shape index (κ1) is 20.4. The second-order valence-electron chi connectivity index (χ2n) is 6.79. The number of hydrogen-bond acceptors (Lipinski definition) is 6. The van der Waals surface area contributed by atoms with Crippen LogP contribution in [-0.2, 0) is 0 Å². The average molecular weight is 397 g/mol. The van der Waals surface area contributed by atoms with Gasteiger partial charge in [0, 0.05) is 11.9 Å². The molecule has 0 atom stereocenters. The molecular weight excluding hydrogens is 368 g/mol. The fourth-order valence-electron chi connectivity index (χ4n) is 3.00. The maximum Gasteiger partial charge on any atom is 0.227 e. The Hall–Kier alpha value is -2.34. The highest BCUT2D eigenvalue weighted by molar-refractivity contribution is 7.99. The van der Waals surface area contributed by atoms with Crippen molar-refractivity contribution < 1.29 is 4.52 Å². The minimum Gasteiger partial charge on any atom is -0.360 e. The van der Waals surface area contributed by atoms with Gasteiger partial charge in [0.15, 0.2) is 0 Å². The van der Waals surface area contributed by atoms with Gasteiger partial charge in [-0.15, -0.1) is 11.8 Å². The summed E-state index contributed by atoms with van der Waals surface area (Å²) in [7, 11) is 0. The zero-order chi connectivity index (χ0) is 19.6. The van der Waals surface area contributed by atoms with Crippen LogP contribution in [0, 0.1) is 6.92 Å². The van der Waals surface area contributed by atoms with Crippen molar-refractivity contribution in [2.45, 2.75) is 57.4 Å². The first-order valence-electron chi connectivity index (χ1n) is 10.0. The maximum absolute atomic E-state index is 5.47. The summed E-state index contributed by atoms with van der Waals surface area (Å²) in [6, 6.07) is 11.8. The lowest BCUT2D eigenvalue weighted by Gasteiger charge is -2.07. The number of anilines is 2. The van der Waals surface area contributed by atoms with Crippen LogP contribution in [0.2, 0.25) is 0 Å². The van der Waals surface area contributed by atoms with Gasteiger partial charge in [-0.3, -0.25) is 0 Å². The van der Waals surface area contributed by atoms with E-state index in [1.165, 1.54) is 38.5 Å². The van der Waals surface area contributed by atoms with Crippen molar-refractivity contribution in [1.29, 1.82) is 0 Å². The third-order valence-corrected chi connectivity index (χ3v) is 5.55. The number of rotatable bonds is 11. The first-order chi connectivity index (χ1) is 13.8. The minimum atomic E-state index is 0.566. The molecule has 6 heteroatoms. The van der Waals surface area contributed by atoms with E-state index in [1.807, 2.05) is 43.3 Å². The van der Waals surface area contributed by atoms with E-state index >= 15 is 0 Å². The molecular formula is C22H28N4OS. The van der Waals surface area contributed by atoms with E-state index in [2.05, 4.69) is 27.4 Å². The fourth-order valence-corrected chi connectivity index (χ4v) is 4.02. The number of aryl methyl sites for hydroxylation is 1. The lowest BCUT2D eigenvalue weighted by molar-refractivity contribution is 0.384. The van der Waals surface area contributed by atoms with Crippen LogP contribution in [0.15, 0.2) is 52.1 Å². The summed E-state index contributed by atoms with van der Waals surface area (Å²) in [6.07, 6.45) is 9.53. The second kappa shape index (κ2) is 10.9. The van der Waals surface area contributed by atoms with Crippen LogP contribution in [0.1, 0.15) is 51.2 Å². The molecule has 2 heterocycles. The van der Waals surface area contributed by atoms with Crippen molar-refractivity contribution in [2.24, 2.45) is 0 Å². The van der Waals surface area contributed by atoms with Crippen molar-refractivity contribution in [3.63, 3.8) is 0 Å². The van der Waals surface area contributed by atoms with Crippen LogP contribution in [0.25, 0.3) is 11.3 Å². The van der Waals surface area contributed by atoms with E-state index in [9.17, 15) is 0 Å². The molecule has 0 fully saturated rings. The minimum absolute atomic E-state index is 0.566. The van der Waals surface area contributed by atoms with Crippen molar-refractivity contribution in [3.05, 3.63) is 48.4 Å². The van der Waals surface area contributed by atoms with Gasteiger partial charge >= 0.3 is 0 Å². The summed E-state index contributed by atoms with van der Waals surface area (Å²) in [6.45, 7) is 4.18. The number of hydrogen-bond donors (Lipinski definition) is 1.